The molecule has 0 aliphatic carbocycles. The Morgan fingerprint density at radius 2 is 2.35 bits per heavy atom. The van der Waals surface area contributed by atoms with E-state index >= 15 is 0 Å². The third kappa shape index (κ3) is 2.69. The molecule has 2 heterocycles. The Bertz CT molecular complexity index is 597. The molecule has 2 aromatic rings. The van der Waals surface area contributed by atoms with Crippen LogP contribution in [0.5, 0.6) is 0 Å². The number of hydrogen-bond acceptors (Lipinski definition) is 4. The van der Waals surface area contributed by atoms with Crippen molar-refractivity contribution in [2.45, 2.75) is 26.3 Å². The molecule has 0 bridgehead atoms. The molecule has 0 saturated heterocycles. The lowest BCUT2D eigenvalue weighted by molar-refractivity contribution is 0.628. The number of nitrogens with zero attached hydrogens (tertiary/aromatic N) is 2. The van der Waals surface area contributed by atoms with E-state index < -0.39 is 0 Å². The predicted octanol–water partition coefficient (Wildman–Crippen LogP) is 3.48. The summed E-state index contributed by atoms with van der Waals surface area (Å²) in [5.74, 6) is -0.183. The maximum Gasteiger partial charge on any atom is 0.190 e. The molecule has 1 aromatic heterocycles. The van der Waals surface area contributed by atoms with Gasteiger partial charge in [-0.05, 0) is 37.1 Å². The summed E-state index contributed by atoms with van der Waals surface area (Å²) >= 11 is 1.68. The first kappa shape index (κ1) is 13.5. The van der Waals surface area contributed by atoms with Gasteiger partial charge in [-0.25, -0.2) is 9.37 Å². The van der Waals surface area contributed by atoms with Gasteiger partial charge in [-0.3, -0.25) is 0 Å². The summed E-state index contributed by atoms with van der Waals surface area (Å²) in [6.45, 7) is 4.91. The van der Waals surface area contributed by atoms with E-state index in [9.17, 15) is 4.39 Å². The minimum absolute atomic E-state index is 0.183. The minimum Gasteiger partial charge on any atom is -0.317 e. The van der Waals surface area contributed by atoms with Crippen molar-refractivity contribution in [1.29, 1.82) is 0 Å². The molecule has 1 aliphatic rings. The zero-order chi connectivity index (χ0) is 13.9. The third-order valence-corrected chi connectivity index (χ3v) is 4.46. The fraction of sp³-hybridized carbons (Fsp3) is 0.400. The van der Waals surface area contributed by atoms with E-state index in [2.05, 4.69) is 22.1 Å². The number of halogens is 1. The third-order valence-electron chi connectivity index (χ3n) is 3.44. The maximum atomic E-state index is 13.4. The monoisotopic (exact) mass is 291 g/mol. The van der Waals surface area contributed by atoms with Crippen LogP contribution < -0.4 is 10.2 Å². The van der Waals surface area contributed by atoms with Crippen molar-refractivity contribution >= 4 is 22.2 Å². The quantitative estimate of drug-likeness (QED) is 0.855. The molecule has 5 heteroatoms. The van der Waals surface area contributed by atoms with E-state index in [4.69, 9.17) is 0 Å². The van der Waals surface area contributed by atoms with Gasteiger partial charge in [-0.1, -0.05) is 13.0 Å². The summed E-state index contributed by atoms with van der Waals surface area (Å²) in [6, 6.07) is 5.02. The maximum absolute atomic E-state index is 13.4. The van der Waals surface area contributed by atoms with Crippen LogP contribution in [-0.2, 0) is 13.0 Å². The van der Waals surface area contributed by atoms with E-state index in [1.165, 1.54) is 16.5 Å². The number of fused-ring (bicyclic) bond motifs is 1. The smallest absolute Gasteiger partial charge is 0.190 e. The summed E-state index contributed by atoms with van der Waals surface area (Å²) in [5.41, 5.74) is 2.17. The van der Waals surface area contributed by atoms with E-state index in [-0.39, 0.29) is 5.82 Å². The van der Waals surface area contributed by atoms with Crippen LogP contribution in [0.4, 0.5) is 15.2 Å². The van der Waals surface area contributed by atoms with Gasteiger partial charge < -0.3 is 10.2 Å². The number of benzene rings is 1. The van der Waals surface area contributed by atoms with Crippen LogP contribution in [0.15, 0.2) is 24.4 Å². The van der Waals surface area contributed by atoms with Gasteiger partial charge in [0, 0.05) is 29.9 Å². The van der Waals surface area contributed by atoms with E-state index in [1.807, 2.05) is 12.3 Å². The molecular formula is C15H18FN3S. The zero-order valence-corrected chi connectivity index (χ0v) is 12.3. The standard InChI is InChI=1S/C15H18FN3S/c1-2-6-17-9-13-10-18-15(20-13)19-7-5-11-3-4-12(16)8-14(11)19/h3-4,8,10,17H,2,5-7,9H2,1H3. The van der Waals surface area contributed by atoms with Crippen LogP contribution in [0.2, 0.25) is 0 Å². The van der Waals surface area contributed by atoms with Crippen LogP contribution in [-0.4, -0.2) is 18.1 Å². The van der Waals surface area contributed by atoms with Crippen LogP contribution in [0.3, 0.4) is 0 Å². The van der Waals surface area contributed by atoms with Gasteiger partial charge in [-0.15, -0.1) is 11.3 Å². The zero-order valence-electron chi connectivity index (χ0n) is 11.5. The van der Waals surface area contributed by atoms with Crippen LogP contribution >= 0.6 is 11.3 Å². The number of anilines is 2. The average molecular weight is 291 g/mol. The number of hydrogen-bond donors (Lipinski definition) is 1. The van der Waals surface area contributed by atoms with Gasteiger partial charge in [0.25, 0.3) is 0 Å². The Kier molecular flexibility index (Phi) is 3.98. The molecule has 3 rings (SSSR count). The van der Waals surface area contributed by atoms with Crippen molar-refractivity contribution in [2.24, 2.45) is 0 Å². The molecule has 20 heavy (non-hydrogen) atoms. The summed E-state index contributed by atoms with van der Waals surface area (Å²) in [4.78, 5) is 7.83. The van der Waals surface area contributed by atoms with Gasteiger partial charge in [0.1, 0.15) is 5.82 Å². The number of rotatable bonds is 5. The molecule has 0 amide bonds. The molecule has 3 nitrogen and oxygen atoms in total. The number of thiazole rings is 1. The van der Waals surface area contributed by atoms with Crippen molar-refractivity contribution in [3.63, 3.8) is 0 Å². The molecule has 1 aliphatic heterocycles. The molecule has 0 fully saturated rings. The Morgan fingerprint density at radius 3 is 3.20 bits per heavy atom. The van der Waals surface area contributed by atoms with Gasteiger partial charge in [0.15, 0.2) is 5.13 Å². The van der Waals surface area contributed by atoms with E-state index in [0.29, 0.717) is 0 Å². The molecule has 0 atom stereocenters. The first-order chi connectivity index (χ1) is 9.78. The molecule has 1 N–H and O–H groups in total. The molecule has 0 saturated carbocycles. The van der Waals surface area contributed by atoms with Gasteiger partial charge in [-0.2, -0.15) is 0 Å². The Hall–Kier alpha value is -1.46. The molecule has 1 aromatic carbocycles. The Labute approximate surface area is 122 Å². The van der Waals surface area contributed by atoms with Gasteiger partial charge in [0.2, 0.25) is 0 Å². The van der Waals surface area contributed by atoms with Crippen molar-refractivity contribution < 1.29 is 4.39 Å². The summed E-state index contributed by atoms with van der Waals surface area (Å²) < 4.78 is 13.4. The molecule has 0 spiro atoms. The number of aromatic nitrogens is 1. The summed E-state index contributed by atoms with van der Waals surface area (Å²) in [6.07, 6.45) is 4.00. The molecule has 106 valence electrons. The van der Waals surface area contributed by atoms with Crippen LogP contribution in [0, 0.1) is 5.82 Å². The highest BCUT2D eigenvalue weighted by molar-refractivity contribution is 7.15. The summed E-state index contributed by atoms with van der Waals surface area (Å²) in [5, 5.41) is 4.34. The van der Waals surface area contributed by atoms with Crippen LogP contribution in [0.1, 0.15) is 23.8 Å². The topological polar surface area (TPSA) is 28.2 Å². The second-order valence-electron chi connectivity index (χ2n) is 4.96. The fourth-order valence-electron chi connectivity index (χ4n) is 2.44. The highest BCUT2D eigenvalue weighted by atomic mass is 32.1. The van der Waals surface area contributed by atoms with Gasteiger partial charge >= 0.3 is 0 Å². The largest absolute Gasteiger partial charge is 0.317 e. The lowest BCUT2D eigenvalue weighted by Crippen LogP contribution is -2.13. The van der Waals surface area contributed by atoms with Gasteiger partial charge in [0.05, 0.1) is 0 Å². The lowest BCUT2D eigenvalue weighted by Gasteiger charge is -2.15. The average Bonchev–Trinajstić information content (AvgIpc) is 3.05. The second-order valence-corrected chi connectivity index (χ2v) is 6.05. The second kappa shape index (κ2) is 5.89. The Morgan fingerprint density at radius 1 is 1.45 bits per heavy atom. The molecular weight excluding hydrogens is 273 g/mol. The minimum atomic E-state index is -0.183. The highest BCUT2D eigenvalue weighted by Gasteiger charge is 2.23. The highest BCUT2D eigenvalue weighted by Crippen LogP contribution is 2.36. The normalized spacial score (nSPS) is 13.8. The van der Waals surface area contributed by atoms with Crippen LogP contribution in [0.25, 0.3) is 0 Å². The molecule has 0 unspecified atom stereocenters. The first-order valence-corrected chi connectivity index (χ1v) is 7.81. The lowest BCUT2D eigenvalue weighted by atomic mass is 10.2. The van der Waals surface area contributed by atoms with Crippen molar-refractivity contribution in [3.8, 4) is 0 Å². The Balaban J connectivity index is 1.77. The van der Waals surface area contributed by atoms with E-state index in [1.54, 1.807) is 17.4 Å². The molecule has 0 radical (unpaired) electrons. The fourth-order valence-corrected chi connectivity index (χ4v) is 3.36. The SMILES string of the molecule is CCCNCc1cnc(N2CCc3ccc(F)cc32)s1. The predicted molar refractivity (Wildman–Crippen MR) is 81.2 cm³/mol. The van der Waals surface area contributed by atoms with E-state index in [0.717, 1.165) is 43.3 Å². The van der Waals surface area contributed by atoms with Crippen molar-refractivity contribution in [3.05, 3.63) is 40.7 Å². The van der Waals surface area contributed by atoms with Crippen molar-refractivity contribution in [1.82, 2.24) is 10.3 Å². The first-order valence-electron chi connectivity index (χ1n) is 6.99. The van der Waals surface area contributed by atoms with Crippen molar-refractivity contribution in [2.75, 3.05) is 18.0 Å². The summed E-state index contributed by atoms with van der Waals surface area (Å²) in [7, 11) is 0. The number of nitrogens with one attached hydrogen (secondary N) is 1.